The molecule has 1 aliphatic carbocycles. The van der Waals surface area contributed by atoms with Crippen LogP contribution in [0.3, 0.4) is 0 Å². The van der Waals surface area contributed by atoms with Gasteiger partial charge in [-0.25, -0.2) is 0 Å². The van der Waals surface area contributed by atoms with Crippen molar-refractivity contribution >= 4 is 11.6 Å². The number of ketones is 2. The van der Waals surface area contributed by atoms with Crippen LogP contribution in [0.5, 0.6) is 0 Å². The maximum absolute atomic E-state index is 12.4. The second kappa shape index (κ2) is 4.21. The summed E-state index contributed by atoms with van der Waals surface area (Å²) in [5.74, 6) is -0.854. The van der Waals surface area contributed by atoms with Crippen LogP contribution in [0.15, 0.2) is 53.3 Å². The maximum Gasteiger partial charge on any atom is 0.239 e. The fourth-order valence-electron chi connectivity index (χ4n) is 2.49. The number of hydrogen-bond donors (Lipinski definition) is 0. The van der Waals surface area contributed by atoms with Crippen LogP contribution < -0.4 is 0 Å². The van der Waals surface area contributed by atoms with E-state index in [9.17, 15) is 9.59 Å². The molecule has 0 atom stereocenters. The minimum absolute atomic E-state index is 0.227. The summed E-state index contributed by atoms with van der Waals surface area (Å²) < 4.78 is 5.34. The first-order valence-corrected chi connectivity index (χ1v) is 6.36. The third-order valence-corrected chi connectivity index (χ3v) is 3.48. The van der Waals surface area contributed by atoms with Crippen molar-refractivity contribution < 1.29 is 14.1 Å². The SMILES string of the molecule is O=C1C(=O)c2c(-c3ccccc3)noc2-c2ccncc21. The van der Waals surface area contributed by atoms with E-state index in [0.29, 0.717) is 17.0 Å². The summed E-state index contributed by atoms with van der Waals surface area (Å²) in [5.41, 5.74) is 2.17. The van der Waals surface area contributed by atoms with Crippen LogP contribution in [0.25, 0.3) is 22.6 Å². The van der Waals surface area contributed by atoms with E-state index in [2.05, 4.69) is 10.1 Å². The van der Waals surface area contributed by atoms with Crippen LogP contribution in [-0.2, 0) is 0 Å². The highest BCUT2D eigenvalue weighted by molar-refractivity contribution is 6.53. The first kappa shape index (κ1) is 11.7. The lowest BCUT2D eigenvalue weighted by Crippen LogP contribution is -2.21. The maximum atomic E-state index is 12.4. The molecule has 21 heavy (non-hydrogen) atoms. The quantitative estimate of drug-likeness (QED) is 0.639. The van der Waals surface area contributed by atoms with Crippen LogP contribution in [0, 0.1) is 0 Å². The number of pyridine rings is 1. The molecule has 4 rings (SSSR count). The Hall–Kier alpha value is -3.08. The molecule has 0 aliphatic heterocycles. The van der Waals surface area contributed by atoms with Gasteiger partial charge in [0.25, 0.3) is 0 Å². The van der Waals surface area contributed by atoms with E-state index in [1.807, 2.05) is 30.3 Å². The van der Waals surface area contributed by atoms with Gasteiger partial charge in [0, 0.05) is 23.5 Å². The Morgan fingerprint density at radius 2 is 1.71 bits per heavy atom. The van der Waals surface area contributed by atoms with E-state index >= 15 is 0 Å². The van der Waals surface area contributed by atoms with Crippen molar-refractivity contribution in [2.45, 2.75) is 0 Å². The Morgan fingerprint density at radius 3 is 2.52 bits per heavy atom. The molecule has 2 heterocycles. The number of hydrogen-bond acceptors (Lipinski definition) is 5. The van der Waals surface area contributed by atoms with E-state index in [1.54, 1.807) is 12.3 Å². The lowest BCUT2D eigenvalue weighted by Gasteiger charge is -2.11. The zero-order chi connectivity index (χ0) is 14.4. The highest BCUT2D eigenvalue weighted by atomic mass is 16.5. The average Bonchev–Trinajstić information content (AvgIpc) is 2.99. The summed E-state index contributed by atoms with van der Waals surface area (Å²) >= 11 is 0. The lowest BCUT2D eigenvalue weighted by atomic mass is 9.87. The molecule has 2 aromatic heterocycles. The third-order valence-electron chi connectivity index (χ3n) is 3.48. The van der Waals surface area contributed by atoms with Gasteiger partial charge < -0.3 is 4.52 Å². The van der Waals surface area contributed by atoms with Gasteiger partial charge in [-0.1, -0.05) is 35.5 Å². The first-order valence-electron chi connectivity index (χ1n) is 6.36. The fraction of sp³-hybridized carbons (Fsp3) is 0. The van der Waals surface area contributed by atoms with Gasteiger partial charge >= 0.3 is 0 Å². The number of carbonyl (C=O) groups excluding carboxylic acids is 2. The number of benzene rings is 1. The van der Waals surface area contributed by atoms with E-state index in [0.717, 1.165) is 5.56 Å². The molecule has 100 valence electrons. The number of nitrogens with zero attached hydrogens (tertiary/aromatic N) is 2. The Balaban J connectivity index is 2.02. The molecule has 0 spiro atoms. The molecule has 0 saturated carbocycles. The minimum Gasteiger partial charge on any atom is -0.355 e. The molecule has 0 amide bonds. The second-order valence-corrected chi connectivity index (χ2v) is 4.68. The second-order valence-electron chi connectivity index (χ2n) is 4.68. The molecule has 0 saturated heterocycles. The number of rotatable bonds is 1. The molecule has 5 heteroatoms. The molecule has 1 aliphatic rings. The Kier molecular flexibility index (Phi) is 2.35. The zero-order valence-electron chi connectivity index (χ0n) is 10.7. The zero-order valence-corrected chi connectivity index (χ0v) is 10.7. The molecule has 0 fully saturated rings. The van der Waals surface area contributed by atoms with E-state index in [-0.39, 0.29) is 11.1 Å². The van der Waals surface area contributed by atoms with Crippen LogP contribution >= 0.6 is 0 Å². The van der Waals surface area contributed by atoms with Crippen LogP contribution in [0.1, 0.15) is 20.7 Å². The van der Waals surface area contributed by atoms with E-state index < -0.39 is 11.6 Å². The van der Waals surface area contributed by atoms with Crippen molar-refractivity contribution in [1.29, 1.82) is 0 Å². The monoisotopic (exact) mass is 276 g/mol. The van der Waals surface area contributed by atoms with Crippen molar-refractivity contribution in [2.24, 2.45) is 0 Å². The lowest BCUT2D eigenvalue weighted by molar-refractivity contribution is 0.0814. The number of aromatic nitrogens is 2. The smallest absolute Gasteiger partial charge is 0.239 e. The molecule has 5 nitrogen and oxygen atoms in total. The van der Waals surface area contributed by atoms with Gasteiger partial charge in [0.05, 0.1) is 5.56 Å². The first-order chi connectivity index (χ1) is 10.3. The van der Waals surface area contributed by atoms with Crippen molar-refractivity contribution in [2.75, 3.05) is 0 Å². The third kappa shape index (κ3) is 1.57. The molecule has 0 unspecified atom stereocenters. The summed E-state index contributed by atoms with van der Waals surface area (Å²) in [6.45, 7) is 0. The molecular weight excluding hydrogens is 268 g/mol. The Bertz CT molecular complexity index is 868. The molecule has 0 radical (unpaired) electrons. The van der Waals surface area contributed by atoms with Crippen molar-refractivity contribution in [3.05, 3.63) is 59.9 Å². The number of carbonyl (C=O) groups is 2. The average molecular weight is 276 g/mol. The van der Waals surface area contributed by atoms with Gasteiger partial charge in [0.1, 0.15) is 11.3 Å². The molecule has 0 N–H and O–H groups in total. The largest absolute Gasteiger partial charge is 0.355 e. The van der Waals surface area contributed by atoms with E-state index in [1.165, 1.54) is 6.20 Å². The molecule has 0 bridgehead atoms. The van der Waals surface area contributed by atoms with Gasteiger partial charge in [0.15, 0.2) is 5.76 Å². The van der Waals surface area contributed by atoms with Gasteiger partial charge in [0.2, 0.25) is 11.6 Å². The van der Waals surface area contributed by atoms with Crippen LogP contribution in [-0.4, -0.2) is 21.7 Å². The normalized spacial score (nSPS) is 13.0. The number of fused-ring (bicyclic) bond motifs is 3. The topological polar surface area (TPSA) is 73.1 Å². The summed E-state index contributed by atoms with van der Waals surface area (Å²) in [7, 11) is 0. The molecule has 3 aromatic rings. The van der Waals surface area contributed by atoms with E-state index in [4.69, 9.17) is 4.52 Å². The van der Waals surface area contributed by atoms with Gasteiger partial charge in [-0.05, 0) is 6.07 Å². The molecule has 1 aromatic carbocycles. The summed E-state index contributed by atoms with van der Waals surface area (Å²) in [6.07, 6.45) is 2.93. The van der Waals surface area contributed by atoms with Crippen LogP contribution in [0.4, 0.5) is 0 Å². The predicted octanol–water partition coefficient (Wildman–Crippen LogP) is 2.78. The standard InChI is InChI=1S/C16H8N2O3/c19-14-11-8-17-7-6-10(11)16-12(15(14)20)13(18-21-16)9-4-2-1-3-5-9/h1-8H. The van der Waals surface area contributed by atoms with Gasteiger partial charge in [-0.2, -0.15) is 0 Å². The van der Waals surface area contributed by atoms with Crippen molar-refractivity contribution in [3.8, 4) is 22.6 Å². The Morgan fingerprint density at radius 1 is 0.905 bits per heavy atom. The molecular formula is C16H8N2O3. The van der Waals surface area contributed by atoms with Crippen LogP contribution in [0.2, 0.25) is 0 Å². The number of Topliss-reactive ketones (excluding diaryl/α,β-unsaturated/α-hetero) is 2. The summed E-state index contributed by atoms with van der Waals surface area (Å²) in [5, 5.41) is 3.98. The van der Waals surface area contributed by atoms with Crippen molar-refractivity contribution in [1.82, 2.24) is 10.1 Å². The minimum atomic E-state index is -0.606. The van der Waals surface area contributed by atoms with Gasteiger partial charge in [-0.15, -0.1) is 0 Å². The summed E-state index contributed by atoms with van der Waals surface area (Å²) in [6, 6.07) is 10.8. The summed E-state index contributed by atoms with van der Waals surface area (Å²) in [4.78, 5) is 28.4. The highest BCUT2D eigenvalue weighted by Crippen LogP contribution is 2.38. The van der Waals surface area contributed by atoms with Gasteiger partial charge in [-0.3, -0.25) is 14.6 Å². The fourth-order valence-corrected chi connectivity index (χ4v) is 2.49. The van der Waals surface area contributed by atoms with Crippen molar-refractivity contribution in [3.63, 3.8) is 0 Å². The highest BCUT2D eigenvalue weighted by Gasteiger charge is 2.37. The predicted molar refractivity (Wildman–Crippen MR) is 73.8 cm³/mol. The Labute approximate surface area is 119 Å².